The summed E-state index contributed by atoms with van der Waals surface area (Å²) in [6.07, 6.45) is 5.38. The molecule has 1 atom stereocenters. The largest absolute Gasteiger partial charge is 0.172 e. The van der Waals surface area contributed by atoms with E-state index in [0.717, 1.165) is 0 Å². The first-order valence-corrected chi connectivity index (χ1v) is 4.63. The lowest BCUT2D eigenvalue weighted by Gasteiger charge is -2.44. The summed E-state index contributed by atoms with van der Waals surface area (Å²) in [7, 11) is 0. The molecule has 0 aromatic heterocycles. The third kappa shape index (κ3) is 1.34. The SMILES string of the molecule is CC1(C)CCCCC1(C)S. The van der Waals surface area contributed by atoms with E-state index in [1.54, 1.807) is 0 Å². The van der Waals surface area contributed by atoms with Crippen LogP contribution in [0.2, 0.25) is 0 Å². The molecule has 0 heterocycles. The van der Waals surface area contributed by atoms with Gasteiger partial charge in [0.05, 0.1) is 0 Å². The summed E-state index contributed by atoms with van der Waals surface area (Å²) in [6, 6.07) is 0. The molecule has 0 aliphatic heterocycles. The van der Waals surface area contributed by atoms with Crippen LogP contribution in [0.5, 0.6) is 0 Å². The van der Waals surface area contributed by atoms with E-state index in [9.17, 15) is 0 Å². The van der Waals surface area contributed by atoms with Gasteiger partial charge in [-0.3, -0.25) is 0 Å². The Morgan fingerprint density at radius 3 is 1.80 bits per heavy atom. The van der Waals surface area contributed by atoms with Gasteiger partial charge in [-0.15, -0.1) is 0 Å². The molecule has 1 saturated carbocycles. The molecule has 60 valence electrons. The summed E-state index contributed by atoms with van der Waals surface area (Å²) in [5.74, 6) is 0. The average Bonchev–Trinajstić information content (AvgIpc) is 1.77. The van der Waals surface area contributed by atoms with E-state index >= 15 is 0 Å². The van der Waals surface area contributed by atoms with Crippen molar-refractivity contribution in [3.05, 3.63) is 0 Å². The van der Waals surface area contributed by atoms with Crippen LogP contribution in [0.25, 0.3) is 0 Å². The van der Waals surface area contributed by atoms with Gasteiger partial charge >= 0.3 is 0 Å². The molecule has 1 heteroatoms. The van der Waals surface area contributed by atoms with Crippen molar-refractivity contribution in [3.63, 3.8) is 0 Å². The maximum atomic E-state index is 4.70. The fourth-order valence-corrected chi connectivity index (χ4v) is 1.91. The zero-order valence-electron chi connectivity index (χ0n) is 7.28. The van der Waals surface area contributed by atoms with E-state index in [0.29, 0.717) is 5.41 Å². The minimum atomic E-state index is 0.269. The highest BCUT2D eigenvalue weighted by Gasteiger charge is 2.39. The maximum Gasteiger partial charge on any atom is 0.0152 e. The Morgan fingerprint density at radius 2 is 1.50 bits per heavy atom. The van der Waals surface area contributed by atoms with Crippen molar-refractivity contribution in [2.24, 2.45) is 5.41 Å². The molecule has 1 aliphatic rings. The minimum Gasteiger partial charge on any atom is -0.172 e. The van der Waals surface area contributed by atoms with E-state index in [1.807, 2.05) is 0 Å². The maximum absolute atomic E-state index is 4.70. The van der Waals surface area contributed by atoms with Crippen molar-refractivity contribution in [2.75, 3.05) is 0 Å². The van der Waals surface area contributed by atoms with Crippen LogP contribution >= 0.6 is 12.6 Å². The molecule has 0 radical (unpaired) electrons. The molecule has 0 aromatic rings. The van der Waals surface area contributed by atoms with E-state index < -0.39 is 0 Å². The summed E-state index contributed by atoms with van der Waals surface area (Å²) in [6.45, 7) is 6.94. The first kappa shape index (κ1) is 8.45. The van der Waals surface area contributed by atoms with Crippen molar-refractivity contribution >= 4 is 12.6 Å². The van der Waals surface area contributed by atoms with E-state index in [2.05, 4.69) is 20.8 Å². The van der Waals surface area contributed by atoms with Gasteiger partial charge in [-0.2, -0.15) is 12.6 Å². The molecule has 0 aromatic carbocycles. The van der Waals surface area contributed by atoms with Crippen molar-refractivity contribution in [1.29, 1.82) is 0 Å². The van der Waals surface area contributed by atoms with Crippen LogP contribution in [0.15, 0.2) is 0 Å². The zero-order valence-corrected chi connectivity index (χ0v) is 8.17. The van der Waals surface area contributed by atoms with Crippen LogP contribution in [0.1, 0.15) is 46.5 Å². The van der Waals surface area contributed by atoms with Gasteiger partial charge in [-0.05, 0) is 18.3 Å². The smallest absolute Gasteiger partial charge is 0.0152 e. The lowest BCUT2D eigenvalue weighted by Crippen LogP contribution is -2.39. The number of hydrogen-bond acceptors (Lipinski definition) is 1. The lowest BCUT2D eigenvalue weighted by atomic mass is 9.69. The van der Waals surface area contributed by atoms with E-state index in [-0.39, 0.29) is 4.75 Å². The topological polar surface area (TPSA) is 0 Å². The Hall–Kier alpha value is 0.350. The van der Waals surface area contributed by atoms with Gasteiger partial charge in [0.1, 0.15) is 0 Å². The molecule has 0 spiro atoms. The van der Waals surface area contributed by atoms with Gasteiger partial charge in [0.15, 0.2) is 0 Å². The fourth-order valence-electron chi connectivity index (χ4n) is 1.64. The standard InChI is InChI=1S/C9H18S/c1-8(2)6-4-5-7-9(8,3)10/h10H,4-7H2,1-3H3. The highest BCUT2D eigenvalue weighted by molar-refractivity contribution is 7.81. The van der Waals surface area contributed by atoms with Gasteiger partial charge in [-0.25, -0.2) is 0 Å². The normalized spacial score (nSPS) is 39.6. The van der Waals surface area contributed by atoms with Gasteiger partial charge < -0.3 is 0 Å². The number of hydrogen-bond donors (Lipinski definition) is 1. The Kier molecular flexibility index (Phi) is 2.06. The second-order valence-corrected chi connectivity index (χ2v) is 5.35. The van der Waals surface area contributed by atoms with Crippen LogP contribution in [0.4, 0.5) is 0 Å². The van der Waals surface area contributed by atoms with Crippen LogP contribution in [0.3, 0.4) is 0 Å². The van der Waals surface area contributed by atoms with Crippen molar-refractivity contribution in [3.8, 4) is 0 Å². The minimum absolute atomic E-state index is 0.269. The first-order chi connectivity index (χ1) is 4.46. The third-order valence-corrected chi connectivity index (χ3v) is 4.00. The van der Waals surface area contributed by atoms with Crippen LogP contribution < -0.4 is 0 Å². The van der Waals surface area contributed by atoms with Crippen molar-refractivity contribution in [2.45, 2.75) is 51.2 Å². The Balaban J connectivity index is 2.70. The molecule has 1 aliphatic carbocycles. The molecule has 1 rings (SSSR count). The second-order valence-electron chi connectivity index (χ2n) is 4.36. The van der Waals surface area contributed by atoms with E-state index in [1.165, 1.54) is 25.7 Å². The van der Waals surface area contributed by atoms with Gasteiger partial charge in [0, 0.05) is 4.75 Å². The summed E-state index contributed by atoms with van der Waals surface area (Å²) in [4.78, 5) is 0. The van der Waals surface area contributed by atoms with Crippen LogP contribution in [-0.4, -0.2) is 4.75 Å². The monoisotopic (exact) mass is 158 g/mol. The molecule has 10 heavy (non-hydrogen) atoms. The van der Waals surface area contributed by atoms with Gasteiger partial charge in [-0.1, -0.05) is 33.6 Å². The highest BCUT2D eigenvalue weighted by Crippen LogP contribution is 2.47. The number of thiol groups is 1. The number of rotatable bonds is 0. The molecule has 0 saturated heterocycles. The van der Waals surface area contributed by atoms with E-state index in [4.69, 9.17) is 12.6 Å². The van der Waals surface area contributed by atoms with Gasteiger partial charge in [0.2, 0.25) is 0 Å². The molecule has 0 bridgehead atoms. The molecule has 0 amide bonds. The quantitative estimate of drug-likeness (QED) is 0.514. The van der Waals surface area contributed by atoms with Crippen molar-refractivity contribution < 1.29 is 0 Å². The first-order valence-electron chi connectivity index (χ1n) is 4.18. The molecule has 0 N–H and O–H groups in total. The van der Waals surface area contributed by atoms with Crippen molar-refractivity contribution in [1.82, 2.24) is 0 Å². The summed E-state index contributed by atoms with van der Waals surface area (Å²) in [5, 5.41) is 0. The van der Waals surface area contributed by atoms with Gasteiger partial charge in [0.25, 0.3) is 0 Å². The molecule has 1 unspecified atom stereocenters. The van der Waals surface area contributed by atoms with Crippen LogP contribution in [-0.2, 0) is 0 Å². The summed E-state index contributed by atoms with van der Waals surface area (Å²) in [5.41, 5.74) is 0.439. The molecular weight excluding hydrogens is 140 g/mol. The average molecular weight is 158 g/mol. The third-order valence-electron chi connectivity index (χ3n) is 3.17. The highest BCUT2D eigenvalue weighted by atomic mass is 32.1. The molecule has 1 fully saturated rings. The summed E-state index contributed by atoms with van der Waals surface area (Å²) >= 11 is 4.70. The second kappa shape index (κ2) is 2.44. The predicted octanol–water partition coefficient (Wildman–Crippen LogP) is 3.28. The fraction of sp³-hybridized carbons (Fsp3) is 1.00. The Labute approximate surface area is 69.8 Å². The Morgan fingerprint density at radius 1 is 1.00 bits per heavy atom. The summed E-state index contributed by atoms with van der Waals surface area (Å²) < 4.78 is 0.269. The molecule has 0 nitrogen and oxygen atoms in total. The predicted molar refractivity (Wildman–Crippen MR) is 49.6 cm³/mol. The van der Waals surface area contributed by atoms with Crippen LogP contribution in [0, 0.1) is 5.41 Å². The molecular formula is C9H18S. The zero-order chi connectivity index (χ0) is 7.83. The Bertz CT molecular complexity index is 109. The lowest BCUT2D eigenvalue weighted by molar-refractivity contribution is 0.187.